The van der Waals surface area contributed by atoms with Crippen molar-refractivity contribution in [1.29, 1.82) is 0 Å². The first-order chi connectivity index (χ1) is 13.5. The zero-order chi connectivity index (χ0) is 20.1. The van der Waals surface area contributed by atoms with Crippen LogP contribution in [0.3, 0.4) is 0 Å². The molecule has 28 heavy (non-hydrogen) atoms. The lowest BCUT2D eigenvalue weighted by atomic mass is 10.1. The Hall–Kier alpha value is -2.32. The van der Waals surface area contributed by atoms with Crippen molar-refractivity contribution in [3.05, 3.63) is 69.6 Å². The molecule has 146 valence electrons. The van der Waals surface area contributed by atoms with Gasteiger partial charge in [0.25, 0.3) is 0 Å². The van der Waals surface area contributed by atoms with Gasteiger partial charge in [-0.15, -0.1) is 11.8 Å². The third-order valence-electron chi connectivity index (χ3n) is 4.41. The number of tetrazole rings is 1. The number of nitrogens with zero attached hydrogens (tertiary/aromatic N) is 5. The lowest BCUT2D eigenvalue weighted by Crippen LogP contribution is -2.23. The van der Waals surface area contributed by atoms with Gasteiger partial charge in [-0.3, -0.25) is 0 Å². The van der Waals surface area contributed by atoms with Gasteiger partial charge in [0.15, 0.2) is 0 Å². The molecule has 0 aliphatic heterocycles. The molecule has 1 aromatic heterocycles. The summed E-state index contributed by atoms with van der Waals surface area (Å²) >= 11 is 3.28. The molecule has 2 aromatic carbocycles. The maximum atomic E-state index is 12.3. The summed E-state index contributed by atoms with van der Waals surface area (Å²) in [6.45, 7) is 4.18. The van der Waals surface area contributed by atoms with Crippen LogP contribution < -0.4 is 5.69 Å². The van der Waals surface area contributed by atoms with Crippen molar-refractivity contribution in [1.82, 2.24) is 19.8 Å². The molecular weight excluding hydrogens is 390 g/mol. The van der Waals surface area contributed by atoms with Crippen molar-refractivity contribution in [3.63, 3.8) is 0 Å². The van der Waals surface area contributed by atoms with E-state index in [0.717, 1.165) is 33.3 Å². The number of aromatic nitrogens is 4. The van der Waals surface area contributed by atoms with Crippen LogP contribution in [0.2, 0.25) is 0 Å². The molecule has 0 N–H and O–H groups in total. The monoisotopic (exact) mass is 413 g/mol. The second-order valence-electron chi connectivity index (χ2n) is 6.26. The maximum absolute atomic E-state index is 12.3. The highest BCUT2D eigenvalue weighted by atomic mass is 32.2. The first-order valence-corrected chi connectivity index (χ1v) is 11.2. The van der Waals surface area contributed by atoms with E-state index in [9.17, 15) is 4.79 Å². The zero-order valence-electron chi connectivity index (χ0n) is 16.4. The van der Waals surface area contributed by atoms with E-state index in [1.807, 2.05) is 43.5 Å². The van der Waals surface area contributed by atoms with Gasteiger partial charge in [0.2, 0.25) is 0 Å². The van der Waals surface area contributed by atoms with E-state index >= 15 is 0 Å². The Morgan fingerprint density at radius 2 is 1.89 bits per heavy atom. The van der Waals surface area contributed by atoms with Gasteiger partial charge in [-0.1, -0.05) is 43.0 Å². The first kappa shape index (κ1) is 20.4. The van der Waals surface area contributed by atoms with Crippen molar-refractivity contribution >= 4 is 33.6 Å². The van der Waals surface area contributed by atoms with E-state index in [2.05, 4.69) is 29.5 Å². The predicted octanol–water partition coefficient (Wildman–Crippen LogP) is 4.12. The lowest BCUT2D eigenvalue weighted by molar-refractivity contribution is 0.692. The second-order valence-corrected chi connectivity index (χ2v) is 8.28. The number of aliphatic imine (C=N–C) groups is 1. The quantitative estimate of drug-likeness (QED) is 0.465. The molecule has 1 heterocycles. The Kier molecular flexibility index (Phi) is 6.74. The minimum absolute atomic E-state index is 0.258. The lowest BCUT2D eigenvalue weighted by Gasteiger charge is -2.11. The van der Waals surface area contributed by atoms with Crippen LogP contribution in [0, 0.1) is 6.92 Å². The average molecular weight is 414 g/mol. The molecule has 3 rings (SSSR count). The van der Waals surface area contributed by atoms with E-state index in [0.29, 0.717) is 5.75 Å². The topological polar surface area (TPSA) is 65.1 Å². The van der Waals surface area contributed by atoms with E-state index in [-0.39, 0.29) is 5.69 Å². The van der Waals surface area contributed by atoms with E-state index < -0.39 is 0 Å². The van der Waals surface area contributed by atoms with E-state index in [1.165, 1.54) is 14.9 Å². The first-order valence-electron chi connectivity index (χ1n) is 8.95. The van der Waals surface area contributed by atoms with Crippen LogP contribution in [-0.4, -0.2) is 30.4 Å². The molecule has 8 heteroatoms. The van der Waals surface area contributed by atoms with Crippen LogP contribution in [0.1, 0.15) is 23.6 Å². The summed E-state index contributed by atoms with van der Waals surface area (Å²) < 4.78 is 3.56. The van der Waals surface area contributed by atoms with Crippen LogP contribution >= 0.6 is 23.5 Å². The highest BCUT2D eigenvalue weighted by Crippen LogP contribution is 2.28. The fourth-order valence-electron chi connectivity index (χ4n) is 2.72. The number of aryl methyl sites for hydroxylation is 3. The Morgan fingerprint density at radius 3 is 2.50 bits per heavy atom. The van der Waals surface area contributed by atoms with Crippen molar-refractivity contribution in [2.75, 3.05) is 6.26 Å². The van der Waals surface area contributed by atoms with Crippen LogP contribution in [0.4, 0.5) is 5.69 Å². The standard InChI is InChI=1S/C20H23N5OS2/c1-5-15-9-11-16(12-10-15)21-19(27-4)28-13-17-14(2)7-6-8-18(17)25-20(26)24(3)22-23-25/h6-12H,5,13H2,1-4H3. The SMILES string of the molecule is CCc1ccc(N=C(SC)SCc2c(C)cccc2-n2nnn(C)c2=O)cc1. The molecule has 0 unspecified atom stereocenters. The molecule has 0 spiro atoms. The van der Waals surface area contributed by atoms with Gasteiger partial charge < -0.3 is 0 Å². The molecule has 0 bridgehead atoms. The van der Waals surface area contributed by atoms with Gasteiger partial charge in [-0.25, -0.2) is 9.79 Å². The van der Waals surface area contributed by atoms with Crippen LogP contribution in [0.15, 0.2) is 52.3 Å². The Labute approximate surface area is 173 Å². The van der Waals surface area contributed by atoms with E-state index in [1.54, 1.807) is 30.6 Å². The fraction of sp³-hybridized carbons (Fsp3) is 0.300. The summed E-state index contributed by atoms with van der Waals surface area (Å²) in [6.07, 6.45) is 3.05. The Bertz CT molecular complexity index is 1040. The van der Waals surface area contributed by atoms with Gasteiger partial charge in [0.05, 0.1) is 11.4 Å². The molecule has 0 saturated carbocycles. The summed E-state index contributed by atoms with van der Waals surface area (Å²) in [5, 5.41) is 7.82. The number of hydrogen-bond acceptors (Lipinski definition) is 6. The molecule has 0 saturated heterocycles. The molecule has 0 aliphatic carbocycles. The highest BCUT2D eigenvalue weighted by Gasteiger charge is 2.14. The van der Waals surface area contributed by atoms with E-state index in [4.69, 9.17) is 4.99 Å². The molecular formula is C20H23N5OS2. The normalized spacial score (nSPS) is 11.8. The smallest absolute Gasteiger partial charge is 0.244 e. The fourth-order valence-corrected chi connectivity index (χ4v) is 4.38. The molecule has 0 radical (unpaired) electrons. The number of hydrogen-bond donors (Lipinski definition) is 0. The third kappa shape index (κ3) is 4.56. The summed E-state index contributed by atoms with van der Waals surface area (Å²) in [5.41, 5.74) is 4.92. The number of thioether (sulfide) groups is 2. The van der Waals surface area contributed by atoms with Crippen molar-refractivity contribution in [2.24, 2.45) is 12.0 Å². The minimum Gasteiger partial charge on any atom is -0.244 e. The molecule has 0 aliphatic rings. The van der Waals surface area contributed by atoms with Gasteiger partial charge in [-0.05, 0) is 64.9 Å². The highest BCUT2D eigenvalue weighted by molar-refractivity contribution is 8.38. The average Bonchev–Trinajstić information content (AvgIpc) is 3.04. The van der Waals surface area contributed by atoms with Gasteiger partial charge in [0, 0.05) is 12.8 Å². The number of rotatable bonds is 5. The second kappa shape index (κ2) is 9.25. The summed E-state index contributed by atoms with van der Waals surface area (Å²) in [5.74, 6) is 0.692. The largest absolute Gasteiger partial charge is 0.368 e. The molecule has 0 amide bonds. The van der Waals surface area contributed by atoms with Crippen LogP contribution in [0.25, 0.3) is 5.69 Å². The molecule has 0 atom stereocenters. The Balaban J connectivity index is 1.85. The molecule has 3 aromatic rings. The molecule has 6 nitrogen and oxygen atoms in total. The summed E-state index contributed by atoms with van der Waals surface area (Å²) in [6, 6.07) is 14.2. The van der Waals surface area contributed by atoms with Gasteiger partial charge in [-0.2, -0.15) is 9.36 Å². The Morgan fingerprint density at radius 1 is 1.14 bits per heavy atom. The predicted molar refractivity (Wildman–Crippen MR) is 119 cm³/mol. The van der Waals surface area contributed by atoms with Crippen molar-refractivity contribution in [3.8, 4) is 5.69 Å². The van der Waals surface area contributed by atoms with Crippen LogP contribution in [0.5, 0.6) is 0 Å². The van der Waals surface area contributed by atoms with Crippen molar-refractivity contribution in [2.45, 2.75) is 26.0 Å². The van der Waals surface area contributed by atoms with Crippen LogP contribution in [-0.2, 0) is 19.2 Å². The molecule has 0 fully saturated rings. The number of benzene rings is 2. The summed E-state index contributed by atoms with van der Waals surface area (Å²) in [7, 11) is 1.60. The van der Waals surface area contributed by atoms with Gasteiger partial charge in [0.1, 0.15) is 4.38 Å². The third-order valence-corrected chi connectivity index (χ3v) is 6.48. The zero-order valence-corrected chi connectivity index (χ0v) is 18.0. The maximum Gasteiger partial charge on any atom is 0.368 e. The van der Waals surface area contributed by atoms with Crippen molar-refractivity contribution < 1.29 is 0 Å². The summed E-state index contributed by atoms with van der Waals surface area (Å²) in [4.78, 5) is 17.0. The minimum atomic E-state index is -0.258. The van der Waals surface area contributed by atoms with Gasteiger partial charge >= 0.3 is 5.69 Å².